The van der Waals surface area contributed by atoms with Crippen LogP contribution < -0.4 is 0 Å². The largest absolute Gasteiger partial charge is 0.467 e. The van der Waals surface area contributed by atoms with Gasteiger partial charge < -0.3 is 24.4 Å². The summed E-state index contributed by atoms with van der Waals surface area (Å²) in [6.45, 7) is 0.934. The molecule has 2 rings (SSSR count). The van der Waals surface area contributed by atoms with Crippen molar-refractivity contribution in [2.45, 2.75) is 18.5 Å². The summed E-state index contributed by atoms with van der Waals surface area (Å²) in [4.78, 5) is 11.3. The Morgan fingerprint density at radius 2 is 1.95 bits per heavy atom. The highest BCUT2D eigenvalue weighted by Crippen LogP contribution is 2.31. The molecule has 2 atom stereocenters. The molecule has 1 aromatic rings. The summed E-state index contributed by atoms with van der Waals surface area (Å²) in [5.74, 6) is -0.893. The number of hydrogen-bond donors (Lipinski definition) is 2. The third kappa shape index (κ3) is 2.93. The number of esters is 1. The molecule has 1 aliphatic rings. The summed E-state index contributed by atoms with van der Waals surface area (Å²) in [7, 11) is 1.15. The lowest BCUT2D eigenvalue weighted by molar-refractivity contribution is -0.157. The number of methoxy groups -OCH3 is 1. The standard InChI is InChI=1S/C13H16O6/c1-17-12(16)11(15)10(14)8-4-2-3-5-9(8)13-18-6-7-19-13/h2-5,10-11,13-15H,6-7H2,1H3. The summed E-state index contributed by atoms with van der Waals surface area (Å²) >= 11 is 0. The minimum Gasteiger partial charge on any atom is -0.467 e. The van der Waals surface area contributed by atoms with E-state index in [0.717, 1.165) is 7.11 Å². The molecule has 0 aliphatic carbocycles. The topological polar surface area (TPSA) is 85.2 Å². The molecule has 1 saturated heterocycles. The molecule has 0 radical (unpaired) electrons. The lowest BCUT2D eigenvalue weighted by Gasteiger charge is -2.21. The molecule has 0 aromatic heterocycles. The first-order valence-electron chi connectivity index (χ1n) is 5.91. The van der Waals surface area contributed by atoms with Crippen LogP contribution in [-0.2, 0) is 19.0 Å². The SMILES string of the molecule is COC(=O)C(O)C(O)c1ccccc1C1OCCO1. The van der Waals surface area contributed by atoms with Crippen LogP contribution >= 0.6 is 0 Å². The average Bonchev–Trinajstić information content (AvgIpc) is 2.99. The number of ether oxygens (including phenoxy) is 3. The van der Waals surface area contributed by atoms with E-state index in [4.69, 9.17) is 9.47 Å². The fraction of sp³-hybridized carbons (Fsp3) is 0.462. The van der Waals surface area contributed by atoms with Gasteiger partial charge in [-0.3, -0.25) is 0 Å². The Morgan fingerprint density at radius 1 is 1.32 bits per heavy atom. The maximum Gasteiger partial charge on any atom is 0.337 e. The molecule has 2 N–H and O–H groups in total. The molecule has 1 fully saturated rings. The van der Waals surface area contributed by atoms with Gasteiger partial charge in [-0.15, -0.1) is 0 Å². The highest BCUT2D eigenvalue weighted by molar-refractivity contribution is 5.75. The maximum absolute atomic E-state index is 11.3. The summed E-state index contributed by atoms with van der Waals surface area (Å²) < 4.78 is 15.1. The van der Waals surface area contributed by atoms with Gasteiger partial charge in [0.15, 0.2) is 12.4 Å². The van der Waals surface area contributed by atoms with E-state index in [2.05, 4.69) is 4.74 Å². The van der Waals surface area contributed by atoms with Gasteiger partial charge >= 0.3 is 5.97 Å². The zero-order valence-electron chi connectivity index (χ0n) is 10.5. The maximum atomic E-state index is 11.3. The second-order valence-electron chi connectivity index (χ2n) is 4.12. The molecule has 1 aromatic carbocycles. The second-order valence-corrected chi connectivity index (χ2v) is 4.12. The Balaban J connectivity index is 2.25. The van der Waals surface area contributed by atoms with Crippen molar-refractivity contribution in [3.8, 4) is 0 Å². The second kappa shape index (κ2) is 6.12. The summed E-state index contributed by atoms with van der Waals surface area (Å²) in [6.07, 6.45) is -3.63. The van der Waals surface area contributed by atoms with Crippen LogP contribution in [0, 0.1) is 0 Å². The van der Waals surface area contributed by atoms with Gasteiger partial charge in [0, 0.05) is 5.56 Å². The minimum absolute atomic E-state index is 0.382. The van der Waals surface area contributed by atoms with Crippen LogP contribution in [0.25, 0.3) is 0 Å². The van der Waals surface area contributed by atoms with E-state index >= 15 is 0 Å². The Kier molecular flexibility index (Phi) is 4.49. The van der Waals surface area contributed by atoms with Gasteiger partial charge in [-0.05, 0) is 5.56 Å². The number of rotatable bonds is 4. The average molecular weight is 268 g/mol. The van der Waals surface area contributed by atoms with Crippen molar-refractivity contribution >= 4 is 5.97 Å². The number of aliphatic hydroxyl groups excluding tert-OH is 2. The molecule has 1 aliphatic heterocycles. The van der Waals surface area contributed by atoms with Gasteiger partial charge in [0.05, 0.1) is 20.3 Å². The molecule has 0 saturated carbocycles. The quantitative estimate of drug-likeness (QED) is 0.764. The number of hydrogen-bond acceptors (Lipinski definition) is 6. The lowest BCUT2D eigenvalue weighted by atomic mass is 9.98. The number of benzene rings is 1. The van der Waals surface area contributed by atoms with E-state index in [1.165, 1.54) is 0 Å². The molecular formula is C13H16O6. The van der Waals surface area contributed by atoms with E-state index in [1.807, 2.05) is 0 Å². The first kappa shape index (κ1) is 14.0. The van der Waals surface area contributed by atoms with Crippen molar-refractivity contribution in [1.29, 1.82) is 0 Å². The predicted molar refractivity (Wildman–Crippen MR) is 64.1 cm³/mol. The van der Waals surface area contributed by atoms with Crippen molar-refractivity contribution in [3.05, 3.63) is 35.4 Å². The summed E-state index contributed by atoms with van der Waals surface area (Å²) in [6, 6.07) is 6.79. The molecule has 6 heteroatoms. The molecule has 0 amide bonds. The van der Waals surface area contributed by atoms with E-state index in [0.29, 0.717) is 24.3 Å². The number of aliphatic hydroxyl groups is 2. The Morgan fingerprint density at radius 3 is 2.58 bits per heavy atom. The molecule has 0 bridgehead atoms. The van der Waals surface area contributed by atoms with Crippen LogP contribution in [0.5, 0.6) is 0 Å². The molecule has 1 heterocycles. The summed E-state index contributed by atoms with van der Waals surface area (Å²) in [5, 5.41) is 19.8. The van der Waals surface area contributed by atoms with Gasteiger partial charge in [0.25, 0.3) is 0 Å². The lowest BCUT2D eigenvalue weighted by Crippen LogP contribution is -2.29. The molecule has 104 valence electrons. The molecular weight excluding hydrogens is 252 g/mol. The molecule has 6 nitrogen and oxygen atoms in total. The summed E-state index contributed by atoms with van der Waals surface area (Å²) in [5.41, 5.74) is 0.975. The van der Waals surface area contributed by atoms with E-state index in [1.54, 1.807) is 24.3 Å². The monoisotopic (exact) mass is 268 g/mol. The van der Waals surface area contributed by atoms with Crippen molar-refractivity contribution in [2.75, 3.05) is 20.3 Å². The highest BCUT2D eigenvalue weighted by atomic mass is 16.7. The van der Waals surface area contributed by atoms with Gasteiger partial charge in [-0.1, -0.05) is 24.3 Å². The first-order valence-corrected chi connectivity index (χ1v) is 5.91. The first-order chi connectivity index (χ1) is 9.15. The normalized spacial score (nSPS) is 19.1. The fourth-order valence-electron chi connectivity index (χ4n) is 1.95. The molecule has 0 spiro atoms. The number of carbonyl (C=O) groups excluding carboxylic acids is 1. The minimum atomic E-state index is -1.65. The van der Waals surface area contributed by atoms with Crippen LogP contribution in [0.15, 0.2) is 24.3 Å². The zero-order chi connectivity index (χ0) is 13.8. The van der Waals surface area contributed by atoms with E-state index in [-0.39, 0.29) is 0 Å². The number of carbonyl (C=O) groups is 1. The van der Waals surface area contributed by atoms with Crippen LogP contribution in [-0.4, -0.2) is 42.6 Å². The predicted octanol–water partition coefficient (Wildman–Crippen LogP) is 0.299. The van der Waals surface area contributed by atoms with Gasteiger partial charge in [0.2, 0.25) is 0 Å². The smallest absolute Gasteiger partial charge is 0.337 e. The van der Waals surface area contributed by atoms with Crippen LogP contribution in [0.1, 0.15) is 23.5 Å². The highest BCUT2D eigenvalue weighted by Gasteiger charge is 2.31. The van der Waals surface area contributed by atoms with Gasteiger partial charge in [-0.2, -0.15) is 0 Å². The van der Waals surface area contributed by atoms with Gasteiger partial charge in [0.1, 0.15) is 6.10 Å². The van der Waals surface area contributed by atoms with Crippen molar-refractivity contribution in [3.63, 3.8) is 0 Å². The van der Waals surface area contributed by atoms with Crippen LogP contribution in [0.2, 0.25) is 0 Å². The third-order valence-electron chi connectivity index (χ3n) is 2.93. The van der Waals surface area contributed by atoms with Crippen LogP contribution in [0.4, 0.5) is 0 Å². The van der Waals surface area contributed by atoms with Crippen LogP contribution in [0.3, 0.4) is 0 Å². The Labute approximate surface area is 110 Å². The fourth-order valence-corrected chi connectivity index (χ4v) is 1.95. The third-order valence-corrected chi connectivity index (χ3v) is 2.93. The molecule has 19 heavy (non-hydrogen) atoms. The molecule has 2 unspecified atom stereocenters. The van der Waals surface area contributed by atoms with E-state index in [9.17, 15) is 15.0 Å². The van der Waals surface area contributed by atoms with Gasteiger partial charge in [-0.25, -0.2) is 4.79 Å². The van der Waals surface area contributed by atoms with Crippen molar-refractivity contribution < 1.29 is 29.2 Å². The van der Waals surface area contributed by atoms with Crippen molar-refractivity contribution in [2.24, 2.45) is 0 Å². The Bertz CT molecular complexity index is 441. The Hall–Kier alpha value is -1.47. The zero-order valence-corrected chi connectivity index (χ0v) is 10.5. The van der Waals surface area contributed by atoms with Crippen molar-refractivity contribution in [1.82, 2.24) is 0 Å². The van der Waals surface area contributed by atoms with E-state index < -0.39 is 24.5 Å².